The maximum absolute atomic E-state index is 9.77. The van der Waals surface area contributed by atoms with Gasteiger partial charge in [0.05, 0.1) is 11.6 Å². The Morgan fingerprint density at radius 2 is 1.94 bits per heavy atom. The zero-order chi connectivity index (χ0) is 13.2. The first-order valence-corrected chi connectivity index (χ1v) is 5.97. The van der Waals surface area contributed by atoms with Crippen molar-refractivity contribution in [3.8, 4) is 0 Å². The smallest absolute Gasteiger partial charge is 0.243 e. The van der Waals surface area contributed by atoms with Crippen LogP contribution in [0.15, 0.2) is 4.52 Å². The molecule has 1 heterocycles. The van der Waals surface area contributed by atoms with E-state index in [1.54, 1.807) is 13.8 Å². The van der Waals surface area contributed by atoms with E-state index in [4.69, 9.17) is 4.52 Å². The number of rotatable bonds is 5. The Labute approximate surface area is 103 Å². The molecule has 0 aliphatic heterocycles. The molecule has 1 atom stereocenters. The molecule has 0 bridgehead atoms. The number of aromatic nitrogens is 2. The molecule has 0 aliphatic carbocycles. The van der Waals surface area contributed by atoms with E-state index in [9.17, 15) is 5.11 Å². The molecule has 1 aromatic rings. The van der Waals surface area contributed by atoms with Gasteiger partial charge in [-0.25, -0.2) is 0 Å². The molecule has 0 amide bonds. The molecule has 0 saturated carbocycles. The molecule has 1 N–H and O–H groups in total. The Morgan fingerprint density at radius 1 is 1.35 bits per heavy atom. The third-order valence-corrected chi connectivity index (χ3v) is 2.63. The largest absolute Gasteiger partial charge is 0.389 e. The molecule has 0 radical (unpaired) electrons. The van der Waals surface area contributed by atoms with Gasteiger partial charge < -0.3 is 9.63 Å². The van der Waals surface area contributed by atoms with Gasteiger partial charge in [-0.3, -0.25) is 4.90 Å². The number of aliphatic hydroxyl groups is 1. The Hall–Kier alpha value is -0.940. The van der Waals surface area contributed by atoms with E-state index in [-0.39, 0.29) is 12.0 Å². The summed E-state index contributed by atoms with van der Waals surface area (Å²) >= 11 is 0. The molecule has 0 fully saturated rings. The topological polar surface area (TPSA) is 62.4 Å². The van der Waals surface area contributed by atoms with E-state index in [2.05, 4.69) is 10.1 Å². The molecule has 1 aromatic heterocycles. The molecule has 98 valence electrons. The van der Waals surface area contributed by atoms with Gasteiger partial charge in [0.15, 0.2) is 5.82 Å². The number of likely N-dealkylation sites (N-methyl/N-ethyl adjacent to an activating group) is 1. The summed E-state index contributed by atoms with van der Waals surface area (Å²) in [6, 6.07) is 0.00132. The van der Waals surface area contributed by atoms with Crippen LogP contribution in [-0.4, -0.2) is 39.3 Å². The monoisotopic (exact) mass is 241 g/mol. The van der Waals surface area contributed by atoms with E-state index in [1.807, 2.05) is 32.7 Å². The summed E-state index contributed by atoms with van der Waals surface area (Å²) in [5.41, 5.74) is -0.732. The van der Waals surface area contributed by atoms with Gasteiger partial charge in [-0.05, 0) is 27.8 Å². The first-order chi connectivity index (χ1) is 7.70. The van der Waals surface area contributed by atoms with Crippen molar-refractivity contribution < 1.29 is 9.63 Å². The van der Waals surface area contributed by atoms with Gasteiger partial charge in [0.1, 0.15) is 0 Å². The Bertz CT molecular complexity index is 355. The number of hydrogen-bond acceptors (Lipinski definition) is 5. The highest BCUT2D eigenvalue weighted by molar-refractivity contribution is 4.95. The highest BCUT2D eigenvalue weighted by Gasteiger charge is 2.24. The van der Waals surface area contributed by atoms with Gasteiger partial charge in [-0.15, -0.1) is 0 Å². The highest BCUT2D eigenvalue weighted by atomic mass is 16.5. The van der Waals surface area contributed by atoms with Crippen LogP contribution in [0, 0.1) is 0 Å². The second-order valence-electron chi connectivity index (χ2n) is 5.55. The van der Waals surface area contributed by atoms with Crippen LogP contribution in [0.5, 0.6) is 0 Å². The zero-order valence-corrected chi connectivity index (χ0v) is 11.6. The van der Waals surface area contributed by atoms with Crippen LogP contribution in [0.4, 0.5) is 0 Å². The molecular formula is C12H23N3O2. The highest BCUT2D eigenvalue weighted by Crippen LogP contribution is 2.20. The van der Waals surface area contributed by atoms with E-state index in [0.717, 1.165) is 5.82 Å². The van der Waals surface area contributed by atoms with Gasteiger partial charge in [0.25, 0.3) is 0 Å². The Balaban J connectivity index is 2.71. The summed E-state index contributed by atoms with van der Waals surface area (Å²) in [7, 11) is 1.93. The predicted octanol–water partition coefficient (Wildman–Crippen LogP) is 1.96. The second-order valence-corrected chi connectivity index (χ2v) is 5.55. The summed E-state index contributed by atoms with van der Waals surface area (Å²) in [4.78, 5) is 6.36. The van der Waals surface area contributed by atoms with Gasteiger partial charge >= 0.3 is 0 Å². The van der Waals surface area contributed by atoms with Crippen LogP contribution in [-0.2, 0) is 0 Å². The lowest BCUT2D eigenvalue weighted by molar-refractivity contribution is 0.0289. The first-order valence-electron chi connectivity index (χ1n) is 5.97. The maximum atomic E-state index is 9.77. The van der Waals surface area contributed by atoms with Crippen molar-refractivity contribution in [3.63, 3.8) is 0 Å². The normalized spacial score (nSPS) is 14.6. The summed E-state index contributed by atoms with van der Waals surface area (Å²) < 4.78 is 5.24. The van der Waals surface area contributed by atoms with E-state index in [0.29, 0.717) is 12.4 Å². The van der Waals surface area contributed by atoms with Crippen LogP contribution >= 0.6 is 0 Å². The first kappa shape index (κ1) is 14.1. The van der Waals surface area contributed by atoms with Crippen molar-refractivity contribution in [2.75, 3.05) is 13.6 Å². The van der Waals surface area contributed by atoms with Gasteiger partial charge in [0, 0.05) is 12.5 Å². The predicted molar refractivity (Wildman–Crippen MR) is 65.7 cm³/mol. The molecule has 17 heavy (non-hydrogen) atoms. The van der Waals surface area contributed by atoms with E-state index < -0.39 is 5.60 Å². The van der Waals surface area contributed by atoms with Crippen molar-refractivity contribution in [2.45, 2.75) is 52.2 Å². The molecule has 5 nitrogen and oxygen atoms in total. The lowest BCUT2D eigenvalue weighted by Crippen LogP contribution is -2.37. The molecule has 0 aromatic carbocycles. The average molecular weight is 241 g/mol. The molecule has 0 saturated heterocycles. The van der Waals surface area contributed by atoms with Gasteiger partial charge in [-0.2, -0.15) is 4.98 Å². The van der Waals surface area contributed by atoms with E-state index >= 15 is 0 Å². The molecule has 1 unspecified atom stereocenters. The summed E-state index contributed by atoms with van der Waals surface area (Å²) in [6.45, 7) is 10.2. The van der Waals surface area contributed by atoms with Crippen LogP contribution in [0.25, 0.3) is 0 Å². The third kappa shape index (κ3) is 4.09. The average Bonchev–Trinajstić information content (AvgIpc) is 2.62. The van der Waals surface area contributed by atoms with Crippen LogP contribution < -0.4 is 0 Å². The van der Waals surface area contributed by atoms with Gasteiger partial charge in [0.2, 0.25) is 5.89 Å². The van der Waals surface area contributed by atoms with Crippen LogP contribution in [0.2, 0.25) is 0 Å². The summed E-state index contributed by atoms with van der Waals surface area (Å²) in [6.07, 6.45) is 0. The van der Waals surface area contributed by atoms with Crippen molar-refractivity contribution in [1.29, 1.82) is 0 Å². The lowest BCUT2D eigenvalue weighted by atomic mass is 10.1. The number of hydrogen-bond donors (Lipinski definition) is 1. The molecule has 0 spiro atoms. The van der Waals surface area contributed by atoms with E-state index in [1.165, 1.54) is 0 Å². The maximum Gasteiger partial charge on any atom is 0.243 e. The summed E-state index contributed by atoms with van der Waals surface area (Å²) in [5.74, 6) is 1.59. The molecule has 5 heteroatoms. The SMILES string of the molecule is CC(C)c1noc(C(C)N(C)CC(C)(C)O)n1. The lowest BCUT2D eigenvalue weighted by Gasteiger charge is -2.28. The fourth-order valence-corrected chi connectivity index (χ4v) is 1.59. The van der Waals surface area contributed by atoms with Gasteiger partial charge in [-0.1, -0.05) is 19.0 Å². The number of nitrogens with zero attached hydrogens (tertiary/aromatic N) is 3. The standard InChI is InChI=1S/C12H23N3O2/c1-8(2)10-13-11(17-14-10)9(3)15(6)7-12(4,5)16/h8-9,16H,7H2,1-6H3. The Morgan fingerprint density at radius 3 is 2.35 bits per heavy atom. The molecular weight excluding hydrogens is 218 g/mol. The minimum atomic E-state index is -0.732. The van der Waals surface area contributed by atoms with Crippen molar-refractivity contribution in [2.24, 2.45) is 0 Å². The Kier molecular flexibility index (Phi) is 4.27. The summed E-state index contributed by atoms with van der Waals surface area (Å²) in [5, 5.41) is 13.7. The minimum Gasteiger partial charge on any atom is -0.389 e. The minimum absolute atomic E-state index is 0.00132. The fourth-order valence-electron chi connectivity index (χ4n) is 1.59. The second kappa shape index (κ2) is 5.14. The fraction of sp³-hybridized carbons (Fsp3) is 0.833. The quantitative estimate of drug-likeness (QED) is 0.853. The molecule has 0 aliphatic rings. The van der Waals surface area contributed by atoms with Crippen LogP contribution in [0.1, 0.15) is 58.3 Å². The van der Waals surface area contributed by atoms with Crippen molar-refractivity contribution >= 4 is 0 Å². The van der Waals surface area contributed by atoms with Crippen LogP contribution in [0.3, 0.4) is 0 Å². The third-order valence-electron chi connectivity index (χ3n) is 2.63. The zero-order valence-electron chi connectivity index (χ0n) is 11.6. The van der Waals surface area contributed by atoms with Crippen molar-refractivity contribution in [3.05, 3.63) is 11.7 Å². The van der Waals surface area contributed by atoms with Crippen molar-refractivity contribution in [1.82, 2.24) is 15.0 Å². The molecule has 1 rings (SSSR count).